The Balaban J connectivity index is 3.13. The third-order valence-electron chi connectivity index (χ3n) is 1.75. The molecular formula is C9H12O2. The summed E-state index contributed by atoms with van der Waals surface area (Å²) < 4.78 is 5.06. The summed E-state index contributed by atoms with van der Waals surface area (Å²) in [7, 11) is 1.61. The lowest BCUT2D eigenvalue weighted by molar-refractivity contribution is 0.273. The maximum Gasteiger partial charge on any atom is 0.124 e. The van der Waals surface area contributed by atoms with Crippen molar-refractivity contribution < 1.29 is 9.84 Å². The van der Waals surface area contributed by atoms with Crippen molar-refractivity contribution >= 4 is 0 Å². The zero-order valence-electron chi connectivity index (χ0n) is 6.79. The molecule has 11 heavy (non-hydrogen) atoms. The van der Waals surface area contributed by atoms with Gasteiger partial charge in [0.2, 0.25) is 0 Å². The lowest BCUT2D eigenvalue weighted by Gasteiger charge is -2.07. The molecule has 1 aromatic carbocycles. The predicted molar refractivity (Wildman–Crippen MR) is 43.7 cm³/mol. The van der Waals surface area contributed by atoms with E-state index in [1.54, 1.807) is 7.11 Å². The highest BCUT2D eigenvalue weighted by Gasteiger charge is 2.02. The van der Waals surface area contributed by atoms with Crippen LogP contribution in [0.4, 0.5) is 0 Å². The van der Waals surface area contributed by atoms with E-state index in [4.69, 9.17) is 9.84 Å². The Hall–Kier alpha value is -1.02. The van der Waals surface area contributed by atoms with Gasteiger partial charge < -0.3 is 9.84 Å². The van der Waals surface area contributed by atoms with Crippen molar-refractivity contribution in [2.24, 2.45) is 0 Å². The molecule has 2 nitrogen and oxygen atoms in total. The van der Waals surface area contributed by atoms with Gasteiger partial charge in [-0.05, 0) is 18.6 Å². The average Bonchev–Trinajstić information content (AvgIpc) is 2.04. The van der Waals surface area contributed by atoms with Crippen molar-refractivity contribution in [2.45, 2.75) is 13.5 Å². The van der Waals surface area contributed by atoms with Crippen LogP contribution in [-0.2, 0) is 6.61 Å². The molecule has 0 fully saturated rings. The fourth-order valence-electron chi connectivity index (χ4n) is 1.07. The average molecular weight is 152 g/mol. The van der Waals surface area contributed by atoms with Gasteiger partial charge in [-0.25, -0.2) is 0 Å². The number of ether oxygens (including phenoxy) is 1. The second-order valence-corrected chi connectivity index (χ2v) is 2.41. The molecule has 1 rings (SSSR count). The number of rotatable bonds is 2. The summed E-state index contributed by atoms with van der Waals surface area (Å²) in [4.78, 5) is 0. The number of methoxy groups -OCH3 is 1. The first-order chi connectivity index (χ1) is 5.29. The molecule has 1 N–H and O–H groups in total. The molecule has 0 saturated heterocycles. The number of aliphatic hydroxyl groups is 1. The van der Waals surface area contributed by atoms with E-state index < -0.39 is 0 Å². The minimum atomic E-state index is 0.0375. The molecule has 0 unspecified atom stereocenters. The van der Waals surface area contributed by atoms with Crippen molar-refractivity contribution in [1.82, 2.24) is 0 Å². The second-order valence-electron chi connectivity index (χ2n) is 2.41. The van der Waals surface area contributed by atoms with E-state index in [9.17, 15) is 0 Å². The summed E-state index contributed by atoms with van der Waals surface area (Å²) in [6.07, 6.45) is 0. The Morgan fingerprint density at radius 1 is 1.45 bits per heavy atom. The number of benzene rings is 1. The highest BCUT2D eigenvalue weighted by atomic mass is 16.5. The zero-order valence-corrected chi connectivity index (χ0v) is 6.79. The molecule has 0 aliphatic carbocycles. The fraction of sp³-hybridized carbons (Fsp3) is 0.333. The van der Waals surface area contributed by atoms with E-state index in [0.29, 0.717) is 0 Å². The molecular weight excluding hydrogens is 140 g/mol. The van der Waals surface area contributed by atoms with E-state index in [2.05, 4.69) is 0 Å². The van der Waals surface area contributed by atoms with Gasteiger partial charge in [-0.1, -0.05) is 12.1 Å². The highest BCUT2D eigenvalue weighted by Crippen LogP contribution is 2.20. The van der Waals surface area contributed by atoms with Gasteiger partial charge in [-0.15, -0.1) is 0 Å². The molecule has 0 bridgehead atoms. The minimum Gasteiger partial charge on any atom is -0.496 e. The predicted octanol–water partition coefficient (Wildman–Crippen LogP) is 1.50. The molecule has 0 saturated carbocycles. The molecule has 2 heteroatoms. The second kappa shape index (κ2) is 3.39. The van der Waals surface area contributed by atoms with Gasteiger partial charge in [0.1, 0.15) is 5.75 Å². The summed E-state index contributed by atoms with van der Waals surface area (Å²) in [5.74, 6) is 0.757. The number of hydrogen-bond acceptors (Lipinski definition) is 2. The maximum absolute atomic E-state index is 8.95. The Labute approximate surface area is 66.4 Å². The van der Waals surface area contributed by atoms with E-state index >= 15 is 0 Å². The molecule has 0 spiro atoms. The summed E-state index contributed by atoms with van der Waals surface area (Å²) in [5, 5.41) is 8.95. The van der Waals surface area contributed by atoms with Crippen LogP contribution in [0.5, 0.6) is 5.75 Å². The molecule has 0 atom stereocenters. The topological polar surface area (TPSA) is 29.5 Å². The van der Waals surface area contributed by atoms with Crippen molar-refractivity contribution in [3.63, 3.8) is 0 Å². The van der Waals surface area contributed by atoms with Crippen LogP contribution in [0, 0.1) is 6.92 Å². The van der Waals surface area contributed by atoms with Crippen LogP contribution in [-0.4, -0.2) is 12.2 Å². The lowest BCUT2D eigenvalue weighted by atomic mass is 10.1. The third-order valence-corrected chi connectivity index (χ3v) is 1.75. The molecule has 60 valence electrons. The van der Waals surface area contributed by atoms with Crippen LogP contribution < -0.4 is 4.74 Å². The molecule has 0 aliphatic heterocycles. The van der Waals surface area contributed by atoms with E-state index in [1.165, 1.54) is 0 Å². The van der Waals surface area contributed by atoms with Gasteiger partial charge in [-0.2, -0.15) is 0 Å². The van der Waals surface area contributed by atoms with Crippen LogP contribution in [0.1, 0.15) is 11.1 Å². The molecule has 0 radical (unpaired) electrons. The maximum atomic E-state index is 8.95. The van der Waals surface area contributed by atoms with Crippen LogP contribution in [0.3, 0.4) is 0 Å². The first kappa shape index (κ1) is 8.08. The van der Waals surface area contributed by atoms with E-state index in [1.807, 2.05) is 25.1 Å². The smallest absolute Gasteiger partial charge is 0.124 e. The first-order valence-corrected chi connectivity index (χ1v) is 3.53. The van der Waals surface area contributed by atoms with Crippen LogP contribution in [0.15, 0.2) is 18.2 Å². The molecule has 0 heterocycles. The molecule has 0 aliphatic rings. The van der Waals surface area contributed by atoms with Crippen molar-refractivity contribution in [3.05, 3.63) is 29.3 Å². The quantitative estimate of drug-likeness (QED) is 0.695. The summed E-state index contributed by atoms with van der Waals surface area (Å²) in [6, 6.07) is 5.71. The van der Waals surface area contributed by atoms with E-state index in [-0.39, 0.29) is 6.61 Å². The SMILES string of the molecule is COc1cccc(C)c1CO. The summed E-state index contributed by atoms with van der Waals surface area (Å²) in [6.45, 7) is 1.99. The normalized spacial score (nSPS) is 9.73. The summed E-state index contributed by atoms with van der Waals surface area (Å²) >= 11 is 0. The molecule has 0 amide bonds. The Kier molecular flexibility index (Phi) is 2.49. The standard InChI is InChI=1S/C9H12O2/c1-7-4-3-5-9(11-2)8(7)6-10/h3-5,10H,6H2,1-2H3. The van der Waals surface area contributed by atoms with Gasteiger partial charge in [0.05, 0.1) is 13.7 Å². The van der Waals surface area contributed by atoms with Crippen LogP contribution in [0.2, 0.25) is 0 Å². The van der Waals surface area contributed by atoms with Gasteiger partial charge in [0.25, 0.3) is 0 Å². The minimum absolute atomic E-state index is 0.0375. The third kappa shape index (κ3) is 1.52. The van der Waals surface area contributed by atoms with Gasteiger partial charge in [-0.3, -0.25) is 0 Å². The molecule has 1 aromatic rings. The fourth-order valence-corrected chi connectivity index (χ4v) is 1.07. The van der Waals surface area contributed by atoms with E-state index in [0.717, 1.165) is 16.9 Å². The van der Waals surface area contributed by atoms with Gasteiger partial charge in [0.15, 0.2) is 0 Å². The Morgan fingerprint density at radius 2 is 2.18 bits per heavy atom. The number of aliphatic hydroxyl groups excluding tert-OH is 1. The zero-order chi connectivity index (χ0) is 8.27. The van der Waals surface area contributed by atoms with Crippen LogP contribution >= 0.6 is 0 Å². The van der Waals surface area contributed by atoms with Gasteiger partial charge >= 0.3 is 0 Å². The monoisotopic (exact) mass is 152 g/mol. The highest BCUT2D eigenvalue weighted by molar-refractivity contribution is 5.38. The van der Waals surface area contributed by atoms with Crippen molar-refractivity contribution in [3.8, 4) is 5.75 Å². The van der Waals surface area contributed by atoms with Crippen molar-refractivity contribution in [2.75, 3.05) is 7.11 Å². The Bertz CT molecular complexity index is 243. The van der Waals surface area contributed by atoms with Crippen molar-refractivity contribution in [1.29, 1.82) is 0 Å². The summed E-state index contributed by atoms with van der Waals surface area (Å²) in [5.41, 5.74) is 1.93. The van der Waals surface area contributed by atoms with Crippen LogP contribution in [0.25, 0.3) is 0 Å². The largest absolute Gasteiger partial charge is 0.496 e. The number of hydrogen-bond donors (Lipinski definition) is 1. The first-order valence-electron chi connectivity index (χ1n) is 3.53. The number of aryl methyl sites for hydroxylation is 1. The Morgan fingerprint density at radius 3 is 2.64 bits per heavy atom. The van der Waals surface area contributed by atoms with Gasteiger partial charge in [0, 0.05) is 5.56 Å². The lowest BCUT2D eigenvalue weighted by Crippen LogP contribution is -1.94. The molecule has 0 aromatic heterocycles.